The monoisotopic (exact) mass is 446 g/mol. The predicted molar refractivity (Wildman–Crippen MR) is 112 cm³/mol. The van der Waals surface area contributed by atoms with Crippen molar-refractivity contribution in [1.82, 2.24) is 25.9 Å². The number of carboxylic acid groups (broad SMARTS) is 1. The average Bonchev–Trinajstić information content (AvgIpc) is 3.29. The van der Waals surface area contributed by atoms with Crippen molar-refractivity contribution in [1.29, 1.82) is 0 Å². The maximum atomic E-state index is 12.6. The summed E-state index contributed by atoms with van der Waals surface area (Å²) in [5, 5.41) is 25.5. The quantitative estimate of drug-likeness (QED) is 0.188. The lowest BCUT2D eigenvalue weighted by molar-refractivity contribution is -0.141. The third kappa shape index (κ3) is 7.81. The summed E-state index contributed by atoms with van der Waals surface area (Å²) >= 11 is 0. The first-order valence-corrected chi connectivity index (χ1v) is 9.78. The normalized spacial score (nSPS) is 13.4. The van der Waals surface area contributed by atoms with Gasteiger partial charge in [-0.25, -0.2) is 9.78 Å². The van der Waals surface area contributed by atoms with E-state index in [2.05, 4.69) is 25.9 Å². The molecule has 0 bridgehead atoms. The van der Waals surface area contributed by atoms with Gasteiger partial charge in [-0.05, 0) is 5.56 Å². The molecule has 1 heterocycles. The average molecular weight is 446 g/mol. The number of carbonyl (C=O) groups excluding carboxylic acids is 3. The lowest BCUT2D eigenvalue weighted by atomic mass is 10.1. The minimum atomic E-state index is -1.22. The highest BCUT2D eigenvalue weighted by atomic mass is 16.4. The van der Waals surface area contributed by atoms with E-state index in [1.165, 1.54) is 12.5 Å². The summed E-state index contributed by atoms with van der Waals surface area (Å²) in [6.07, 6.45) is 2.97. The zero-order valence-corrected chi connectivity index (χ0v) is 17.2. The largest absolute Gasteiger partial charge is 0.480 e. The molecule has 3 unspecified atom stereocenters. The highest BCUT2D eigenvalue weighted by molar-refractivity contribution is 5.92. The number of amides is 3. The minimum absolute atomic E-state index is 0.0309. The number of imidazole rings is 1. The number of hydrogen-bond donors (Lipinski definition) is 7. The first-order valence-electron chi connectivity index (χ1n) is 9.78. The third-order valence-corrected chi connectivity index (χ3v) is 4.48. The molecule has 172 valence electrons. The molecular formula is C20H26N6O6. The van der Waals surface area contributed by atoms with Crippen molar-refractivity contribution in [3.8, 4) is 0 Å². The Hall–Kier alpha value is -3.77. The molecule has 0 saturated heterocycles. The molecule has 1 aromatic carbocycles. The Morgan fingerprint density at radius 3 is 2.34 bits per heavy atom. The number of carboxylic acids is 1. The van der Waals surface area contributed by atoms with Crippen LogP contribution in [0.5, 0.6) is 0 Å². The van der Waals surface area contributed by atoms with Crippen LogP contribution in [0.3, 0.4) is 0 Å². The van der Waals surface area contributed by atoms with Crippen LogP contribution in [0.2, 0.25) is 0 Å². The van der Waals surface area contributed by atoms with Crippen LogP contribution < -0.4 is 21.7 Å². The highest BCUT2D eigenvalue weighted by Crippen LogP contribution is 2.04. The van der Waals surface area contributed by atoms with Crippen LogP contribution in [0.15, 0.2) is 42.9 Å². The van der Waals surface area contributed by atoms with E-state index in [-0.39, 0.29) is 12.8 Å². The SMILES string of the molecule is NC(CO)C(=O)NC(Cc1cnc[nH]1)C(=O)NCC(=O)NC(Cc1ccccc1)C(=O)O. The van der Waals surface area contributed by atoms with E-state index in [9.17, 15) is 24.3 Å². The van der Waals surface area contributed by atoms with E-state index >= 15 is 0 Å². The summed E-state index contributed by atoms with van der Waals surface area (Å²) in [4.78, 5) is 54.9. The Labute approximate surface area is 183 Å². The van der Waals surface area contributed by atoms with Crippen molar-refractivity contribution < 1.29 is 29.4 Å². The molecule has 8 N–H and O–H groups in total. The summed E-state index contributed by atoms with van der Waals surface area (Å²) in [5.41, 5.74) is 6.74. The predicted octanol–water partition coefficient (Wildman–Crippen LogP) is -2.32. The smallest absolute Gasteiger partial charge is 0.326 e. The second-order valence-corrected chi connectivity index (χ2v) is 7.00. The fourth-order valence-corrected chi connectivity index (χ4v) is 2.77. The molecule has 3 atom stereocenters. The first-order chi connectivity index (χ1) is 15.3. The number of carbonyl (C=O) groups is 4. The van der Waals surface area contributed by atoms with Gasteiger partial charge < -0.3 is 36.9 Å². The molecule has 0 fully saturated rings. The number of nitrogens with two attached hydrogens (primary N) is 1. The van der Waals surface area contributed by atoms with Gasteiger partial charge in [0, 0.05) is 24.7 Å². The number of aromatic nitrogens is 2. The molecule has 0 saturated carbocycles. The van der Waals surface area contributed by atoms with Crippen molar-refractivity contribution in [2.45, 2.75) is 31.0 Å². The fraction of sp³-hybridized carbons (Fsp3) is 0.350. The second-order valence-electron chi connectivity index (χ2n) is 7.00. The van der Waals surface area contributed by atoms with Crippen LogP contribution in [-0.2, 0) is 32.0 Å². The van der Waals surface area contributed by atoms with Gasteiger partial charge in [0.05, 0.1) is 19.5 Å². The Morgan fingerprint density at radius 2 is 1.75 bits per heavy atom. The number of aromatic amines is 1. The van der Waals surface area contributed by atoms with Gasteiger partial charge in [0.15, 0.2) is 0 Å². The highest BCUT2D eigenvalue weighted by Gasteiger charge is 2.26. The molecular weight excluding hydrogens is 420 g/mol. The van der Waals surface area contributed by atoms with Gasteiger partial charge in [-0.2, -0.15) is 0 Å². The van der Waals surface area contributed by atoms with Crippen LogP contribution in [0.4, 0.5) is 0 Å². The van der Waals surface area contributed by atoms with Gasteiger partial charge >= 0.3 is 5.97 Å². The molecule has 0 spiro atoms. The Bertz CT molecular complexity index is 905. The number of benzene rings is 1. The van der Waals surface area contributed by atoms with Gasteiger partial charge in [-0.3, -0.25) is 14.4 Å². The zero-order chi connectivity index (χ0) is 23.5. The van der Waals surface area contributed by atoms with Crippen LogP contribution >= 0.6 is 0 Å². The van der Waals surface area contributed by atoms with Crippen molar-refractivity contribution in [2.75, 3.05) is 13.2 Å². The van der Waals surface area contributed by atoms with Crippen LogP contribution in [0.25, 0.3) is 0 Å². The molecule has 1 aromatic heterocycles. The van der Waals surface area contributed by atoms with Gasteiger partial charge in [0.1, 0.15) is 18.1 Å². The van der Waals surface area contributed by atoms with Crippen LogP contribution in [-0.4, -0.2) is 75.1 Å². The summed E-state index contributed by atoms with van der Waals surface area (Å²) in [7, 11) is 0. The van der Waals surface area contributed by atoms with Crippen molar-refractivity contribution >= 4 is 23.7 Å². The molecule has 0 aliphatic heterocycles. The first kappa shape index (κ1) is 24.5. The number of aliphatic hydroxyl groups excluding tert-OH is 1. The fourth-order valence-electron chi connectivity index (χ4n) is 2.77. The molecule has 32 heavy (non-hydrogen) atoms. The van der Waals surface area contributed by atoms with E-state index in [4.69, 9.17) is 10.8 Å². The Balaban J connectivity index is 1.95. The van der Waals surface area contributed by atoms with E-state index in [0.717, 1.165) is 5.56 Å². The summed E-state index contributed by atoms with van der Waals surface area (Å²) < 4.78 is 0. The number of aliphatic hydroxyl groups is 1. The lowest BCUT2D eigenvalue weighted by Gasteiger charge is -2.20. The maximum absolute atomic E-state index is 12.6. The summed E-state index contributed by atoms with van der Waals surface area (Å²) in [6, 6.07) is 5.29. The van der Waals surface area contributed by atoms with Crippen LogP contribution in [0.1, 0.15) is 11.3 Å². The van der Waals surface area contributed by atoms with Crippen molar-refractivity contribution in [2.24, 2.45) is 5.73 Å². The standard InChI is InChI=1S/C20H26N6O6/c21-14(10-27)18(29)26-15(7-13-8-22-11-24-13)19(30)23-9-17(28)25-16(20(31)32)6-12-4-2-1-3-5-12/h1-5,8,11,14-16,27H,6-7,9-10,21H2,(H,22,24)(H,23,30)(H,25,28)(H,26,29)(H,31,32). The lowest BCUT2D eigenvalue weighted by Crippen LogP contribution is -2.55. The molecule has 2 aromatic rings. The van der Waals surface area contributed by atoms with E-state index in [0.29, 0.717) is 5.69 Å². The second kappa shape index (κ2) is 12.2. The van der Waals surface area contributed by atoms with E-state index in [1.807, 2.05) is 0 Å². The Morgan fingerprint density at radius 1 is 1.03 bits per heavy atom. The zero-order valence-electron chi connectivity index (χ0n) is 17.2. The number of aliphatic carboxylic acids is 1. The van der Waals surface area contributed by atoms with Gasteiger partial charge in [0.2, 0.25) is 17.7 Å². The summed E-state index contributed by atoms with van der Waals surface area (Å²) in [5.74, 6) is -3.36. The molecule has 0 aliphatic carbocycles. The molecule has 12 nitrogen and oxygen atoms in total. The van der Waals surface area contributed by atoms with Crippen molar-refractivity contribution in [3.63, 3.8) is 0 Å². The van der Waals surface area contributed by atoms with Gasteiger partial charge in [-0.15, -0.1) is 0 Å². The number of nitrogens with one attached hydrogen (secondary N) is 4. The number of nitrogens with zero attached hydrogens (tertiary/aromatic N) is 1. The summed E-state index contributed by atoms with van der Waals surface area (Å²) in [6.45, 7) is -1.11. The number of H-pyrrole nitrogens is 1. The van der Waals surface area contributed by atoms with E-state index < -0.39 is 55.0 Å². The number of rotatable bonds is 12. The van der Waals surface area contributed by atoms with Crippen molar-refractivity contribution in [3.05, 3.63) is 54.1 Å². The molecule has 0 aliphatic rings. The molecule has 3 amide bonds. The van der Waals surface area contributed by atoms with Crippen LogP contribution in [0, 0.1) is 0 Å². The number of hydrogen-bond acceptors (Lipinski definition) is 7. The third-order valence-electron chi connectivity index (χ3n) is 4.48. The topological polar surface area (TPSA) is 200 Å². The van der Waals surface area contributed by atoms with Gasteiger partial charge in [0.25, 0.3) is 0 Å². The maximum Gasteiger partial charge on any atom is 0.326 e. The molecule has 12 heteroatoms. The molecule has 2 rings (SSSR count). The molecule has 0 radical (unpaired) electrons. The Kier molecular flexibility index (Phi) is 9.32. The van der Waals surface area contributed by atoms with E-state index in [1.54, 1.807) is 30.3 Å². The van der Waals surface area contributed by atoms with Gasteiger partial charge in [-0.1, -0.05) is 30.3 Å². The minimum Gasteiger partial charge on any atom is -0.480 e.